The molecule has 4 nitrogen and oxygen atoms in total. The third-order valence-electron chi connectivity index (χ3n) is 1.73. The first-order chi connectivity index (χ1) is 6.06. The van der Waals surface area contributed by atoms with Gasteiger partial charge in [0.2, 0.25) is 10.4 Å². The molecule has 0 radical (unpaired) electrons. The summed E-state index contributed by atoms with van der Waals surface area (Å²) >= 11 is 0. The zero-order valence-corrected chi connectivity index (χ0v) is 11.8. The summed E-state index contributed by atoms with van der Waals surface area (Å²) in [4.78, 5) is 0. The molecule has 0 fully saturated rings. The molecule has 0 spiro atoms. The van der Waals surface area contributed by atoms with Crippen LogP contribution < -0.4 is 29.6 Å². The van der Waals surface area contributed by atoms with E-state index in [2.05, 4.69) is 11.1 Å². The molecule has 0 aliphatic rings. The van der Waals surface area contributed by atoms with Gasteiger partial charge in [0, 0.05) is 0 Å². The van der Waals surface area contributed by atoms with Crippen molar-refractivity contribution in [2.75, 3.05) is 6.61 Å². The van der Waals surface area contributed by atoms with Crippen molar-refractivity contribution in [1.29, 1.82) is 0 Å². The van der Waals surface area contributed by atoms with Crippen LogP contribution in [0.4, 0.5) is 0 Å². The molecule has 0 aromatic heterocycles. The van der Waals surface area contributed by atoms with Gasteiger partial charge in [-0.25, -0.2) is 8.42 Å². The van der Waals surface area contributed by atoms with Gasteiger partial charge in [-0.2, -0.15) is 0 Å². The van der Waals surface area contributed by atoms with E-state index in [1.54, 1.807) is 0 Å². The van der Waals surface area contributed by atoms with Gasteiger partial charge in [0.25, 0.3) is 0 Å². The van der Waals surface area contributed by atoms with Crippen LogP contribution in [0.15, 0.2) is 0 Å². The van der Waals surface area contributed by atoms with Gasteiger partial charge in [0.15, 0.2) is 0 Å². The zero-order chi connectivity index (χ0) is 10.2. The third kappa shape index (κ3) is 15.3. The fourth-order valence-corrected chi connectivity index (χ4v) is 1.37. The Balaban J connectivity index is 0. The number of hydrogen-bond donors (Lipinski definition) is 0. The Morgan fingerprint density at radius 3 is 2.07 bits per heavy atom. The van der Waals surface area contributed by atoms with Crippen molar-refractivity contribution in [3.05, 3.63) is 0 Å². The number of rotatable bonds is 8. The van der Waals surface area contributed by atoms with E-state index in [1.165, 1.54) is 19.3 Å². The van der Waals surface area contributed by atoms with E-state index >= 15 is 0 Å². The van der Waals surface area contributed by atoms with Crippen LogP contribution >= 0.6 is 0 Å². The fourth-order valence-electron chi connectivity index (χ4n) is 1.04. The zero-order valence-electron chi connectivity index (χ0n) is 8.99. The van der Waals surface area contributed by atoms with Gasteiger partial charge in [-0.15, -0.1) is 0 Å². The molecular weight excluding hydrogens is 215 g/mol. The van der Waals surface area contributed by atoms with Crippen molar-refractivity contribution in [1.82, 2.24) is 0 Å². The molecule has 0 aliphatic heterocycles. The maximum atomic E-state index is 9.99. The summed E-state index contributed by atoms with van der Waals surface area (Å²) in [6.45, 7) is 2.16. The molecule has 0 rings (SSSR count). The minimum atomic E-state index is -4.47. The van der Waals surface area contributed by atoms with Crippen molar-refractivity contribution in [3.63, 3.8) is 0 Å². The van der Waals surface area contributed by atoms with E-state index in [0.29, 0.717) is 6.42 Å². The molecule has 0 unspecified atom stereocenters. The van der Waals surface area contributed by atoms with Crippen LogP contribution in [0, 0.1) is 0 Å². The Labute approximate surface area is 109 Å². The minimum Gasteiger partial charge on any atom is -0.726 e. The first-order valence-corrected chi connectivity index (χ1v) is 6.00. The molecule has 0 saturated carbocycles. The summed E-state index contributed by atoms with van der Waals surface area (Å²) in [6, 6.07) is 0. The van der Waals surface area contributed by atoms with Crippen molar-refractivity contribution in [2.24, 2.45) is 0 Å². The Morgan fingerprint density at radius 2 is 1.57 bits per heavy atom. The Morgan fingerprint density at radius 1 is 1.07 bits per heavy atom. The van der Waals surface area contributed by atoms with E-state index in [9.17, 15) is 13.0 Å². The summed E-state index contributed by atoms with van der Waals surface area (Å²) in [5.74, 6) is 0. The monoisotopic (exact) mass is 232 g/mol. The molecule has 0 saturated heterocycles. The quantitative estimate of drug-likeness (QED) is 0.229. The maximum absolute atomic E-state index is 9.99. The summed E-state index contributed by atoms with van der Waals surface area (Å²) in [7, 11) is -4.47. The van der Waals surface area contributed by atoms with Crippen LogP contribution in [0.2, 0.25) is 0 Å². The second-order valence-corrected chi connectivity index (χ2v) is 4.05. The molecule has 0 heterocycles. The first kappa shape index (κ1) is 17.3. The molecule has 80 valence electrons. The first-order valence-electron chi connectivity index (χ1n) is 4.66. The second kappa shape index (κ2) is 10.4. The SMILES string of the molecule is CCCCCCCCOS(=O)(=O)[O-].[Na+]. The van der Waals surface area contributed by atoms with Crippen LogP contribution in [0.5, 0.6) is 0 Å². The van der Waals surface area contributed by atoms with E-state index in [4.69, 9.17) is 0 Å². The van der Waals surface area contributed by atoms with Gasteiger partial charge in [-0.3, -0.25) is 4.18 Å². The van der Waals surface area contributed by atoms with Crippen LogP contribution in [0.1, 0.15) is 45.4 Å². The predicted octanol–water partition coefficient (Wildman–Crippen LogP) is -1.17. The molecular formula is C8H17NaO4S. The largest absolute Gasteiger partial charge is 1.00 e. The number of unbranched alkanes of at least 4 members (excludes halogenated alkanes) is 5. The van der Waals surface area contributed by atoms with Gasteiger partial charge >= 0.3 is 29.6 Å². The molecule has 0 aromatic carbocycles. The average Bonchev–Trinajstić information content (AvgIpc) is 2.01. The standard InChI is InChI=1S/C8H18O4S.Na/c1-2-3-4-5-6-7-8-12-13(9,10)11;/h2-8H2,1H3,(H,9,10,11);/q;+1/p-1. The maximum Gasteiger partial charge on any atom is 1.00 e. The molecule has 0 atom stereocenters. The fraction of sp³-hybridized carbons (Fsp3) is 1.00. The van der Waals surface area contributed by atoms with E-state index in [1.807, 2.05) is 0 Å². The van der Waals surface area contributed by atoms with Gasteiger partial charge in [-0.05, 0) is 6.42 Å². The Kier molecular flexibility index (Phi) is 12.8. The normalized spacial score (nSPS) is 11.0. The van der Waals surface area contributed by atoms with Gasteiger partial charge in [0.1, 0.15) is 0 Å². The van der Waals surface area contributed by atoms with E-state index < -0.39 is 10.4 Å². The van der Waals surface area contributed by atoms with Crippen molar-refractivity contribution in [2.45, 2.75) is 45.4 Å². The summed E-state index contributed by atoms with van der Waals surface area (Å²) in [5, 5.41) is 0. The van der Waals surface area contributed by atoms with Crippen molar-refractivity contribution in [3.8, 4) is 0 Å². The van der Waals surface area contributed by atoms with Crippen LogP contribution in [0.25, 0.3) is 0 Å². The van der Waals surface area contributed by atoms with Crippen molar-refractivity contribution >= 4 is 10.4 Å². The molecule has 14 heavy (non-hydrogen) atoms. The summed E-state index contributed by atoms with van der Waals surface area (Å²) in [5.41, 5.74) is 0. The predicted molar refractivity (Wildman–Crippen MR) is 49.0 cm³/mol. The van der Waals surface area contributed by atoms with E-state index in [0.717, 1.165) is 12.8 Å². The van der Waals surface area contributed by atoms with E-state index in [-0.39, 0.29) is 36.2 Å². The van der Waals surface area contributed by atoms with Gasteiger partial charge < -0.3 is 4.55 Å². The smallest absolute Gasteiger partial charge is 0.726 e. The molecule has 6 heteroatoms. The molecule has 0 aliphatic carbocycles. The molecule has 0 bridgehead atoms. The van der Waals surface area contributed by atoms with Crippen molar-refractivity contribution < 1.29 is 46.7 Å². The molecule has 0 N–H and O–H groups in total. The van der Waals surface area contributed by atoms with Crippen LogP contribution in [-0.2, 0) is 14.6 Å². The minimum absolute atomic E-state index is 0. The Bertz CT molecular complexity index is 203. The van der Waals surface area contributed by atoms with Crippen LogP contribution in [0.3, 0.4) is 0 Å². The van der Waals surface area contributed by atoms with Gasteiger partial charge in [-0.1, -0.05) is 39.0 Å². The second-order valence-electron chi connectivity index (χ2n) is 3.00. The summed E-state index contributed by atoms with van der Waals surface area (Å²) in [6.07, 6.45) is 6.21. The summed E-state index contributed by atoms with van der Waals surface area (Å²) < 4.78 is 34.0. The topological polar surface area (TPSA) is 66.4 Å². The Hall–Kier alpha value is 0.870. The van der Waals surface area contributed by atoms with Gasteiger partial charge in [0.05, 0.1) is 6.61 Å². The average molecular weight is 232 g/mol. The van der Waals surface area contributed by atoms with Crippen LogP contribution in [-0.4, -0.2) is 19.6 Å². The number of hydrogen-bond acceptors (Lipinski definition) is 4. The third-order valence-corrected chi connectivity index (χ3v) is 2.18. The molecule has 0 aromatic rings. The molecule has 0 amide bonds.